The molecule has 152 valence electrons. The number of carbonyl (C=O) groups excluding carboxylic acids is 2. The van der Waals surface area contributed by atoms with E-state index in [0.717, 1.165) is 0 Å². The Kier molecular flexibility index (Phi) is 5.90. The van der Waals surface area contributed by atoms with Gasteiger partial charge in [-0.15, -0.1) is 0 Å². The summed E-state index contributed by atoms with van der Waals surface area (Å²) >= 11 is 12.0. The van der Waals surface area contributed by atoms with Gasteiger partial charge >= 0.3 is 11.9 Å². The number of hydrogen-bond acceptors (Lipinski definition) is 9. The SMILES string of the molecule is [2H]CCOC[C@H]1OC(n2cnc3c(Cl)nc(Cl)nc32)[C@H](OC(C)=O)[C@@H]1OC(C)=O. The molecule has 1 saturated heterocycles. The molecule has 1 fully saturated rings. The van der Waals surface area contributed by atoms with Crippen molar-refractivity contribution in [2.75, 3.05) is 13.2 Å². The number of hydrogen-bond donors (Lipinski definition) is 0. The Morgan fingerprint density at radius 1 is 1.25 bits per heavy atom. The fraction of sp³-hybridized carbons (Fsp3) is 0.562. The van der Waals surface area contributed by atoms with Gasteiger partial charge in [-0.2, -0.15) is 4.98 Å². The quantitative estimate of drug-likeness (QED) is 0.291. The summed E-state index contributed by atoms with van der Waals surface area (Å²) in [4.78, 5) is 35.5. The van der Waals surface area contributed by atoms with Gasteiger partial charge in [0, 0.05) is 21.8 Å². The van der Waals surface area contributed by atoms with Gasteiger partial charge in [-0.25, -0.2) is 9.97 Å². The van der Waals surface area contributed by atoms with Crippen molar-refractivity contribution in [2.45, 2.75) is 45.3 Å². The van der Waals surface area contributed by atoms with E-state index in [0.29, 0.717) is 0 Å². The van der Waals surface area contributed by atoms with E-state index in [-0.39, 0.29) is 41.7 Å². The van der Waals surface area contributed by atoms with E-state index in [1.807, 2.05) is 0 Å². The van der Waals surface area contributed by atoms with Crippen LogP contribution >= 0.6 is 23.2 Å². The smallest absolute Gasteiger partial charge is 0.303 e. The molecular formula is C16H18Cl2N4O6. The molecule has 0 bridgehead atoms. The van der Waals surface area contributed by atoms with Gasteiger partial charge in [0.15, 0.2) is 29.2 Å². The molecule has 0 amide bonds. The molecule has 1 unspecified atom stereocenters. The zero-order valence-electron chi connectivity index (χ0n) is 16.0. The van der Waals surface area contributed by atoms with Crippen molar-refractivity contribution in [3.8, 4) is 0 Å². The maximum Gasteiger partial charge on any atom is 0.303 e. The van der Waals surface area contributed by atoms with Gasteiger partial charge in [0.2, 0.25) is 5.28 Å². The first-order valence-electron chi connectivity index (χ1n) is 8.95. The van der Waals surface area contributed by atoms with Crippen molar-refractivity contribution in [1.82, 2.24) is 19.5 Å². The highest BCUT2D eigenvalue weighted by molar-refractivity contribution is 6.35. The Labute approximate surface area is 171 Å². The Morgan fingerprint density at radius 3 is 2.64 bits per heavy atom. The molecule has 3 rings (SSSR count). The van der Waals surface area contributed by atoms with Gasteiger partial charge in [0.05, 0.1) is 12.9 Å². The van der Waals surface area contributed by atoms with Crippen molar-refractivity contribution in [3.05, 3.63) is 16.8 Å². The van der Waals surface area contributed by atoms with Crippen LogP contribution in [0.1, 0.15) is 28.3 Å². The zero-order valence-corrected chi connectivity index (χ0v) is 16.5. The first-order valence-corrected chi connectivity index (χ1v) is 9.00. The number of imidazole rings is 1. The third-order valence-electron chi connectivity index (χ3n) is 3.94. The Morgan fingerprint density at radius 2 is 1.96 bits per heavy atom. The minimum absolute atomic E-state index is 0.0220. The van der Waals surface area contributed by atoms with Crippen molar-refractivity contribution >= 4 is 46.3 Å². The van der Waals surface area contributed by atoms with Crippen LogP contribution in [0, 0.1) is 0 Å². The zero-order chi connectivity index (χ0) is 21.1. The van der Waals surface area contributed by atoms with E-state index in [2.05, 4.69) is 15.0 Å². The van der Waals surface area contributed by atoms with E-state index in [9.17, 15) is 9.59 Å². The molecular weight excluding hydrogens is 415 g/mol. The average molecular weight is 434 g/mol. The van der Waals surface area contributed by atoms with E-state index in [4.69, 9.17) is 43.5 Å². The van der Waals surface area contributed by atoms with E-state index in [1.165, 1.54) is 24.7 Å². The lowest BCUT2D eigenvalue weighted by molar-refractivity contribution is -0.165. The number of fused-ring (bicyclic) bond motifs is 1. The van der Waals surface area contributed by atoms with Crippen molar-refractivity contribution in [1.29, 1.82) is 0 Å². The molecule has 2 aromatic heterocycles. The van der Waals surface area contributed by atoms with Gasteiger partial charge in [-0.3, -0.25) is 14.2 Å². The molecule has 10 nitrogen and oxygen atoms in total. The van der Waals surface area contributed by atoms with Gasteiger partial charge in [0.1, 0.15) is 11.6 Å². The first-order chi connectivity index (χ1) is 13.8. The molecule has 0 saturated carbocycles. The van der Waals surface area contributed by atoms with Gasteiger partial charge < -0.3 is 18.9 Å². The third-order valence-corrected chi connectivity index (χ3v) is 4.37. The molecule has 0 N–H and O–H groups in total. The predicted octanol–water partition coefficient (Wildman–Crippen LogP) is 1.93. The summed E-state index contributed by atoms with van der Waals surface area (Å²) < 4.78 is 30.8. The fourth-order valence-corrected chi connectivity index (χ4v) is 3.38. The molecule has 1 aliphatic heterocycles. The average Bonchev–Trinajstić information content (AvgIpc) is 3.17. The largest absolute Gasteiger partial charge is 0.456 e. The maximum absolute atomic E-state index is 11.7. The first kappa shape index (κ1) is 19.3. The summed E-state index contributed by atoms with van der Waals surface area (Å²) in [5.41, 5.74) is 0.533. The Hall–Kier alpha value is -2.01. The highest BCUT2D eigenvalue weighted by Crippen LogP contribution is 2.36. The van der Waals surface area contributed by atoms with E-state index >= 15 is 0 Å². The predicted molar refractivity (Wildman–Crippen MR) is 96.9 cm³/mol. The summed E-state index contributed by atoms with van der Waals surface area (Å²) in [6.45, 7) is 2.71. The monoisotopic (exact) mass is 433 g/mol. The minimum Gasteiger partial charge on any atom is -0.456 e. The Balaban J connectivity index is 2.01. The lowest BCUT2D eigenvalue weighted by atomic mass is 10.1. The van der Waals surface area contributed by atoms with Crippen LogP contribution in [-0.2, 0) is 28.5 Å². The molecule has 1 aliphatic rings. The molecule has 4 atom stereocenters. The van der Waals surface area contributed by atoms with Crippen LogP contribution < -0.4 is 0 Å². The second kappa shape index (κ2) is 8.56. The van der Waals surface area contributed by atoms with Gasteiger partial charge in [-0.05, 0) is 18.5 Å². The summed E-state index contributed by atoms with van der Waals surface area (Å²) in [5.74, 6) is -1.17. The van der Waals surface area contributed by atoms with Crippen molar-refractivity contribution < 1.29 is 29.9 Å². The van der Waals surface area contributed by atoms with E-state index in [1.54, 1.807) is 0 Å². The lowest BCUT2D eigenvalue weighted by Gasteiger charge is -2.23. The van der Waals surface area contributed by atoms with Gasteiger partial charge in [-0.1, -0.05) is 11.6 Å². The molecule has 0 spiro atoms. The maximum atomic E-state index is 11.7. The number of halogens is 2. The number of nitrogens with zero attached hydrogens (tertiary/aromatic N) is 4. The van der Waals surface area contributed by atoms with Crippen molar-refractivity contribution in [2.24, 2.45) is 0 Å². The molecule has 28 heavy (non-hydrogen) atoms. The molecule has 0 aromatic carbocycles. The summed E-state index contributed by atoms with van der Waals surface area (Å²) in [7, 11) is 0. The highest BCUT2D eigenvalue weighted by atomic mass is 35.5. The van der Waals surface area contributed by atoms with Crippen LogP contribution in [0.3, 0.4) is 0 Å². The topological polar surface area (TPSA) is 115 Å². The van der Waals surface area contributed by atoms with Crippen LogP contribution in [0.2, 0.25) is 10.4 Å². The van der Waals surface area contributed by atoms with Crippen molar-refractivity contribution in [3.63, 3.8) is 0 Å². The second-order valence-corrected chi connectivity index (χ2v) is 6.59. The number of ether oxygens (including phenoxy) is 4. The molecule has 0 aliphatic carbocycles. The van der Waals surface area contributed by atoms with E-state index < -0.39 is 36.5 Å². The number of aromatic nitrogens is 4. The molecule has 12 heteroatoms. The Bertz CT molecular complexity index is 913. The summed E-state index contributed by atoms with van der Waals surface area (Å²) in [6.07, 6.45) is -2.27. The van der Waals surface area contributed by atoms with Crippen LogP contribution in [0.25, 0.3) is 11.2 Å². The van der Waals surface area contributed by atoms with Crippen LogP contribution in [0.4, 0.5) is 0 Å². The number of esters is 2. The van der Waals surface area contributed by atoms with Crippen LogP contribution in [0.15, 0.2) is 6.33 Å². The normalized spacial score (nSPS) is 24.9. The summed E-state index contributed by atoms with van der Waals surface area (Å²) in [6, 6.07) is 0. The van der Waals surface area contributed by atoms with Crippen LogP contribution in [0.5, 0.6) is 0 Å². The fourth-order valence-electron chi connectivity index (χ4n) is 2.96. The summed E-state index contributed by atoms with van der Waals surface area (Å²) in [5, 5.41) is -0.0502. The lowest BCUT2D eigenvalue weighted by Crippen LogP contribution is -2.40. The second-order valence-electron chi connectivity index (χ2n) is 5.90. The highest BCUT2D eigenvalue weighted by Gasteiger charge is 2.50. The molecule has 3 heterocycles. The molecule has 0 radical (unpaired) electrons. The molecule has 2 aromatic rings. The third kappa shape index (κ3) is 4.19. The standard InChI is InChI=1S/C16H18Cl2N4O6/c1-4-25-5-9-11(26-7(2)23)12(27-8(3)24)15(28-9)22-6-19-10-13(17)20-16(18)21-14(10)22/h6,9,11-12,15H,4-5H2,1-3H3/t9-,11-,12-,15?/m1/s1/i1D. The number of rotatable bonds is 6. The van der Waals surface area contributed by atoms with Crippen LogP contribution in [-0.4, -0.2) is 63.0 Å². The number of carbonyl (C=O) groups is 2. The minimum atomic E-state index is -1.01. The van der Waals surface area contributed by atoms with Gasteiger partial charge in [0.25, 0.3) is 0 Å².